The molecule has 4 rings (SSSR count). The lowest BCUT2D eigenvalue weighted by molar-refractivity contribution is 0.0693. The zero-order valence-electron chi connectivity index (χ0n) is 20.4. The van der Waals surface area contributed by atoms with Gasteiger partial charge >= 0.3 is 5.97 Å². The van der Waals surface area contributed by atoms with Gasteiger partial charge in [-0.25, -0.2) is 9.78 Å². The summed E-state index contributed by atoms with van der Waals surface area (Å²) in [6.07, 6.45) is 2.07. The molecule has 6 nitrogen and oxygen atoms in total. The first-order valence-corrected chi connectivity index (χ1v) is 11.9. The number of pyridine rings is 1. The monoisotopic (exact) mass is 483 g/mol. The summed E-state index contributed by atoms with van der Waals surface area (Å²) in [5, 5.41) is 9.73. The number of carbonyl (C=O) groups is 1. The summed E-state index contributed by atoms with van der Waals surface area (Å²) in [5.74, 6) is 0.864. The van der Waals surface area contributed by atoms with Crippen molar-refractivity contribution in [2.75, 3.05) is 7.11 Å². The van der Waals surface area contributed by atoms with Crippen LogP contribution in [0.5, 0.6) is 17.2 Å². The molecule has 184 valence electrons. The van der Waals surface area contributed by atoms with Crippen LogP contribution < -0.4 is 14.2 Å². The van der Waals surface area contributed by atoms with Crippen molar-refractivity contribution in [2.45, 2.75) is 33.0 Å². The first-order valence-electron chi connectivity index (χ1n) is 11.9. The van der Waals surface area contributed by atoms with E-state index >= 15 is 0 Å². The Morgan fingerprint density at radius 2 is 1.58 bits per heavy atom. The van der Waals surface area contributed by atoms with E-state index in [1.54, 1.807) is 19.2 Å². The largest absolute Gasteiger partial charge is 0.497 e. The molecule has 3 aromatic carbocycles. The van der Waals surface area contributed by atoms with E-state index in [4.69, 9.17) is 14.2 Å². The molecule has 36 heavy (non-hydrogen) atoms. The summed E-state index contributed by atoms with van der Waals surface area (Å²) in [6.45, 7) is 2.54. The fourth-order valence-corrected chi connectivity index (χ4v) is 3.85. The molecule has 0 saturated carbocycles. The van der Waals surface area contributed by atoms with Gasteiger partial charge in [0.1, 0.15) is 30.5 Å². The average molecular weight is 484 g/mol. The van der Waals surface area contributed by atoms with Crippen LogP contribution in [0, 0.1) is 0 Å². The fraction of sp³-hybridized carbons (Fsp3) is 0.200. The van der Waals surface area contributed by atoms with Gasteiger partial charge in [0.2, 0.25) is 0 Å². The molecule has 1 N–H and O–H groups in total. The first kappa shape index (κ1) is 24.8. The van der Waals surface area contributed by atoms with Gasteiger partial charge in [-0.05, 0) is 60.0 Å². The van der Waals surface area contributed by atoms with Gasteiger partial charge in [0.05, 0.1) is 24.1 Å². The molecule has 0 atom stereocenters. The Morgan fingerprint density at radius 3 is 2.28 bits per heavy atom. The summed E-state index contributed by atoms with van der Waals surface area (Å²) in [4.78, 5) is 16.6. The molecule has 0 bridgehead atoms. The highest BCUT2D eigenvalue weighted by atomic mass is 16.5. The molecule has 0 radical (unpaired) electrons. The van der Waals surface area contributed by atoms with Gasteiger partial charge in [-0.3, -0.25) is 0 Å². The summed E-state index contributed by atoms with van der Waals surface area (Å²) < 4.78 is 17.4. The fourth-order valence-electron chi connectivity index (χ4n) is 3.85. The Balaban J connectivity index is 1.62. The molecule has 1 heterocycles. The standard InChI is InChI=1S/C30H29NO5/c1-3-7-21-10-12-23(13-11-21)35-20-28-25(30(32)33)15-16-27(31-28)26-18-24(34-2)14-17-29(26)36-19-22-8-5-4-6-9-22/h4-6,8-18H,3,7,19-20H2,1-2H3,(H,32,33). The minimum absolute atomic E-state index is 0.0206. The third-order valence-electron chi connectivity index (χ3n) is 5.74. The molecule has 0 amide bonds. The highest BCUT2D eigenvalue weighted by Crippen LogP contribution is 2.34. The van der Waals surface area contributed by atoms with E-state index in [-0.39, 0.29) is 12.2 Å². The van der Waals surface area contributed by atoms with Gasteiger partial charge in [-0.15, -0.1) is 0 Å². The Kier molecular flexibility index (Phi) is 8.19. The maximum absolute atomic E-state index is 11.9. The number of methoxy groups -OCH3 is 1. The zero-order chi connectivity index (χ0) is 25.3. The molecular weight excluding hydrogens is 454 g/mol. The number of carboxylic acid groups (broad SMARTS) is 1. The molecule has 1 aromatic heterocycles. The van der Waals surface area contributed by atoms with Crippen LogP contribution >= 0.6 is 0 Å². The average Bonchev–Trinajstić information content (AvgIpc) is 2.92. The lowest BCUT2D eigenvalue weighted by Crippen LogP contribution is -2.09. The Hall–Kier alpha value is -4.32. The number of ether oxygens (including phenoxy) is 3. The third-order valence-corrected chi connectivity index (χ3v) is 5.74. The molecule has 0 fully saturated rings. The van der Waals surface area contributed by atoms with Crippen molar-refractivity contribution in [1.82, 2.24) is 4.98 Å². The maximum atomic E-state index is 11.9. The van der Waals surface area contributed by atoms with Crippen molar-refractivity contribution in [3.8, 4) is 28.5 Å². The molecule has 0 spiro atoms. The number of hydrogen-bond acceptors (Lipinski definition) is 5. The van der Waals surface area contributed by atoms with Gasteiger partial charge < -0.3 is 19.3 Å². The zero-order valence-corrected chi connectivity index (χ0v) is 20.4. The second kappa shape index (κ2) is 11.9. The Bertz CT molecular complexity index is 1300. The smallest absolute Gasteiger partial charge is 0.337 e. The van der Waals surface area contributed by atoms with E-state index in [0.717, 1.165) is 18.4 Å². The number of nitrogens with zero attached hydrogens (tertiary/aromatic N) is 1. The quantitative estimate of drug-likeness (QED) is 0.260. The summed E-state index contributed by atoms with van der Waals surface area (Å²) in [6, 6.07) is 26.4. The third kappa shape index (κ3) is 6.21. The lowest BCUT2D eigenvalue weighted by Gasteiger charge is -2.15. The predicted molar refractivity (Wildman–Crippen MR) is 139 cm³/mol. The number of aromatic nitrogens is 1. The van der Waals surface area contributed by atoms with Gasteiger partial charge in [-0.2, -0.15) is 0 Å². The Morgan fingerprint density at radius 1 is 0.833 bits per heavy atom. The topological polar surface area (TPSA) is 77.9 Å². The second-order valence-corrected chi connectivity index (χ2v) is 8.31. The van der Waals surface area contributed by atoms with Crippen LogP contribution in [0.1, 0.15) is 40.5 Å². The highest BCUT2D eigenvalue weighted by Gasteiger charge is 2.17. The SMILES string of the molecule is CCCc1ccc(OCc2nc(-c3cc(OC)ccc3OCc3ccccc3)ccc2C(=O)O)cc1. The van der Waals surface area contributed by atoms with Crippen molar-refractivity contribution < 1.29 is 24.1 Å². The van der Waals surface area contributed by atoms with Crippen LogP contribution in [0.25, 0.3) is 11.3 Å². The van der Waals surface area contributed by atoms with Crippen LogP contribution in [0.3, 0.4) is 0 Å². The summed E-state index contributed by atoms with van der Waals surface area (Å²) in [5.41, 5.74) is 3.96. The number of benzene rings is 3. The first-order chi connectivity index (χ1) is 17.6. The number of rotatable bonds is 11. The maximum Gasteiger partial charge on any atom is 0.337 e. The number of aromatic carboxylic acids is 1. The number of carboxylic acids is 1. The summed E-state index contributed by atoms with van der Waals surface area (Å²) in [7, 11) is 1.59. The molecule has 0 saturated heterocycles. The Labute approximate surface area is 211 Å². The van der Waals surface area contributed by atoms with E-state index in [2.05, 4.69) is 11.9 Å². The minimum Gasteiger partial charge on any atom is -0.497 e. The van der Waals surface area contributed by atoms with Gasteiger partial charge in [-0.1, -0.05) is 55.8 Å². The molecule has 0 aliphatic heterocycles. The van der Waals surface area contributed by atoms with Crippen LogP contribution in [0.4, 0.5) is 0 Å². The van der Waals surface area contributed by atoms with Gasteiger partial charge in [0, 0.05) is 5.56 Å². The van der Waals surface area contributed by atoms with E-state index in [1.165, 1.54) is 5.56 Å². The van der Waals surface area contributed by atoms with Crippen LogP contribution in [0.15, 0.2) is 84.9 Å². The second-order valence-electron chi connectivity index (χ2n) is 8.31. The van der Waals surface area contributed by atoms with Crippen LogP contribution in [-0.4, -0.2) is 23.2 Å². The summed E-state index contributed by atoms with van der Waals surface area (Å²) >= 11 is 0. The minimum atomic E-state index is -1.06. The van der Waals surface area contributed by atoms with Crippen molar-refractivity contribution in [3.05, 3.63) is 107 Å². The van der Waals surface area contributed by atoms with Gasteiger partial charge in [0.15, 0.2) is 0 Å². The highest BCUT2D eigenvalue weighted by molar-refractivity contribution is 5.89. The van der Waals surface area contributed by atoms with E-state index in [1.807, 2.05) is 72.8 Å². The lowest BCUT2D eigenvalue weighted by atomic mass is 10.1. The normalized spacial score (nSPS) is 10.6. The number of hydrogen-bond donors (Lipinski definition) is 1. The van der Waals surface area contributed by atoms with Crippen LogP contribution in [-0.2, 0) is 19.6 Å². The van der Waals surface area contributed by atoms with E-state index < -0.39 is 5.97 Å². The van der Waals surface area contributed by atoms with E-state index in [9.17, 15) is 9.90 Å². The predicted octanol–water partition coefficient (Wildman–Crippen LogP) is 6.57. The molecule has 6 heteroatoms. The van der Waals surface area contributed by atoms with E-state index in [0.29, 0.717) is 40.8 Å². The number of aryl methyl sites for hydroxylation is 1. The molecule has 0 aliphatic rings. The van der Waals surface area contributed by atoms with Crippen molar-refractivity contribution in [2.24, 2.45) is 0 Å². The van der Waals surface area contributed by atoms with Gasteiger partial charge in [0.25, 0.3) is 0 Å². The molecule has 4 aromatic rings. The van der Waals surface area contributed by atoms with Crippen molar-refractivity contribution in [1.29, 1.82) is 0 Å². The molecule has 0 unspecified atom stereocenters. The molecule has 0 aliphatic carbocycles. The molecular formula is C30H29NO5. The van der Waals surface area contributed by atoms with Crippen molar-refractivity contribution in [3.63, 3.8) is 0 Å². The van der Waals surface area contributed by atoms with Crippen LogP contribution in [0.2, 0.25) is 0 Å². The van der Waals surface area contributed by atoms with Crippen molar-refractivity contribution >= 4 is 5.97 Å².